The Morgan fingerprint density at radius 2 is 1.79 bits per heavy atom. The van der Waals surface area contributed by atoms with Gasteiger partial charge in [-0.15, -0.1) is 0 Å². The minimum atomic E-state index is -1.48. The van der Waals surface area contributed by atoms with Gasteiger partial charge < -0.3 is 24.8 Å². The zero-order valence-corrected chi connectivity index (χ0v) is 19.3. The fourth-order valence-corrected chi connectivity index (χ4v) is 8.81. The average molecular weight is 463 g/mol. The molecule has 3 N–H and O–H groups in total. The number of esters is 2. The number of fused-ring (bicyclic) bond motifs is 5. The topological polar surface area (TPSA) is 130 Å². The molecule has 8 atom stereocenters. The molecule has 33 heavy (non-hydrogen) atoms. The Balaban J connectivity index is 1.49. The van der Waals surface area contributed by atoms with E-state index in [1.54, 1.807) is 6.08 Å². The van der Waals surface area contributed by atoms with E-state index < -0.39 is 40.1 Å². The highest BCUT2D eigenvalue weighted by Crippen LogP contribution is 2.70. The average Bonchev–Trinajstić information content (AvgIpc) is 3.26. The van der Waals surface area contributed by atoms with Crippen molar-refractivity contribution in [1.29, 1.82) is 0 Å². The van der Waals surface area contributed by atoms with Crippen LogP contribution in [0.15, 0.2) is 11.6 Å². The standard InChI is InChI=1S/C25H34O8/c1-14(26)33-16-3-9-24(21(28)29)18-4-7-22(2)17(15-11-20(27)32-13-15)6-10-25(22,31)19(18)5-8-23(24,30)12-16/h11,16-19,30-31H,3-10,12-13H2,1-2H3,(H,28,29)/t16-,17+,18-,19+,22+,23-,24+,25-/m0/s1. The molecule has 182 valence electrons. The van der Waals surface area contributed by atoms with Crippen molar-refractivity contribution < 1.29 is 39.2 Å². The van der Waals surface area contributed by atoms with Gasteiger partial charge in [0, 0.05) is 24.8 Å². The highest BCUT2D eigenvalue weighted by atomic mass is 16.5. The highest BCUT2D eigenvalue weighted by Gasteiger charge is 2.73. The number of hydrogen-bond acceptors (Lipinski definition) is 7. The number of hydrogen-bond donors (Lipinski definition) is 3. The molecule has 5 aliphatic rings. The summed E-state index contributed by atoms with van der Waals surface area (Å²) in [7, 11) is 0. The third kappa shape index (κ3) is 2.92. The minimum Gasteiger partial charge on any atom is -0.481 e. The van der Waals surface area contributed by atoms with Crippen LogP contribution in [0.2, 0.25) is 0 Å². The Labute approximate surface area is 193 Å². The minimum absolute atomic E-state index is 0.0243. The molecule has 0 radical (unpaired) electrons. The van der Waals surface area contributed by atoms with Crippen molar-refractivity contribution in [3.63, 3.8) is 0 Å². The predicted octanol–water partition coefficient (Wildman–Crippen LogP) is 2.35. The van der Waals surface area contributed by atoms with E-state index in [2.05, 4.69) is 6.92 Å². The Kier molecular flexibility index (Phi) is 5.04. The van der Waals surface area contributed by atoms with Gasteiger partial charge in [0.25, 0.3) is 0 Å². The third-order valence-electron chi connectivity index (χ3n) is 10.3. The van der Waals surface area contributed by atoms with Crippen molar-refractivity contribution in [3.8, 4) is 0 Å². The molecule has 4 aliphatic carbocycles. The molecular formula is C25H34O8. The molecule has 0 amide bonds. The van der Waals surface area contributed by atoms with Crippen LogP contribution in [0.1, 0.15) is 71.6 Å². The first-order chi connectivity index (χ1) is 15.5. The summed E-state index contributed by atoms with van der Waals surface area (Å²) in [5.74, 6) is -2.37. The number of carboxylic acids is 1. The van der Waals surface area contributed by atoms with E-state index >= 15 is 0 Å². The largest absolute Gasteiger partial charge is 0.481 e. The third-order valence-corrected chi connectivity index (χ3v) is 10.3. The molecule has 0 bridgehead atoms. The Hall–Kier alpha value is -1.93. The summed E-state index contributed by atoms with van der Waals surface area (Å²) in [4.78, 5) is 36.1. The Morgan fingerprint density at radius 3 is 2.42 bits per heavy atom. The molecule has 8 nitrogen and oxygen atoms in total. The second kappa shape index (κ2) is 7.28. The molecule has 1 aliphatic heterocycles. The Morgan fingerprint density at radius 1 is 1.06 bits per heavy atom. The lowest BCUT2D eigenvalue weighted by Gasteiger charge is -2.65. The quantitative estimate of drug-likeness (QED) is 0.545. The van der Waals surface area contributed by atoms with Gasteiger partial charge in [-0.1, -0.05) is 6.92 Å². The normalized spacial score (nSPS) is 48.7. The van der Waals surface area contributed by atoms with Gasteiger partial charge in [-0.2, -0.15) is 0 Å². The van der Waals surface area contributed by atoms with Gasteiger partial charge in [0.2, 0.25) is 0 Å². The van der Waals surface area contributed by atoms with Crippen molar-refractivity contribution in [1.82, 2.24) is 0 Å². The number of ether oxygens (including phenoxy) is 2. The van der Waals surface area contributed by atoms with E-state index in [-0.39, 0.29) is 49.6 Å². The van der Waals surface area contributed by atoms with Crippen LogP contribution in [0.5, 0.6) is 0 Å². The summed E-state index contributed by atoms with van der Waals surface area (Å²) in [6.45, 7) is 3.67. The summed E-state index contributed by atoms with van der Waals surface area (Å²) in [6.07, 6.45) is 5.08. The second-order valence-corrected chi connectivity index (χ2v) is 11.3. The van der Waals surface area contributed by atoms with E-state index in [1.807, 2.05) is 0 Å². The second-order valence-electron chi connectivity index (χ2n) is 11.3. The van der Waals surface area contributed by atoms with Gasteiger partial charge in [0.15, 0.2) is 0 Å². The number of aliphatic carboxylic acids is 1. The fraction of sp³-hybridized carbons (Fsp3) is 0.800. The fourth-order valence-electron chi connectivity index (χ4n) is 8.81. The number of aliphatic hydroxyl groups is 2. The van der Waals surface area contributed by atoms with Gasteiger partial charge in [0.05, 0.1) is 16.6 Å². The monoisotopic (exact) mass is 462 g/mol. The molecule has 4 fully saturated rings. The van der Waals surface area contributed by atoms with Gasteiger partial charge in [-0.05, 0) is 74.7 Å². The molecule has 1 heterocycles. The van der Waals surface area contributed by atoms with Crippen molar-refractivity contribution in [2.45, 2.75) is 88.9 Å². The van der Waals surface area contributed by atoms with Gasteiger partial charge in [-0.25, -0.2) is 4.79 Å². The first-order valence-corrected chi connectivity index (χ1v) is 12.2. The van der Waals surface area contributed by atoms with Gasteiger partial charge in [-0.3, -0.25) is 9.59 Å². The van der Waals surface area contributed by atoms with Crippen LogP contribution < -0.4 is 0 Å². The van der Waals surface area contributed by atoms with Crippen molar-refractivity contribution in [2.24, 2.45) is 28.6 Å². The van der Waals surface area contributed by atoms with Crippen LogP contribution in [0.3, 0.4) is 0 Å². The SMILES string of the molecule is CC(=O)O[C@H]1CC[C@]2(C(=O)O)[C@H]3CC[C@]4(C)[C@@H](C5=CC(=O)OC5)CC[C@]4(O)[C@@H]3CC[C@]2(O)C1. The highest BCUT2D eigenvalue weighted by molar-refractivity contribution is 5.85. The van der Waals surface area contributed by atoms with Crippen LogP contribution in [-0.2, 0) is 23.9 Å². The predicted molar refractivity (Wildman–Crippen MR) is 115 cm³/mol. The van der Waals surface area contributed by atoms with Crippen LogP contribution >= 0.6 is 0 Å². The first kappa shape index (κ1) is 22.8. The van der Waals surface area contributed by atoms with E-state index in [0.29, 0.717) is 32.1 Å². The maximum atomic E-state index is 12.9. The lowest BCUT2D eigenvalue weighted by molar-refractivity contribution is -0.261. The molecule has 0 saturated heterocycles. The van der Waals surface area contributed by atoms with Crippen molar-refractivity contribution in [3.05, 3.63) is 11.6 Å². The molecule has 8 heteroatoms. The molecule has 4 saturated carbocycles. The van der Waals surface area contributed by atoms with Crippen LogP contribution in [0, 0.1) is 28.6 Å². The molecule has 0 spiro atoms. The van der Waals surface area contributed by atoms with E-state index in [1.165, 1.54) is 6.92 Å². The Bertz CT molecular complexity index is 927. The summed E-state index contributed by atoms with van der Waals surface area (Å²) >= 11 is 0. The van der Waals surface area contributed by atoms with Crippen molar-refractivity contribution in [2.75, 3.05) is 6.61 Å². The summed E-state index contributed by atoms with van der Waals surface area (Å²) in [5, 5.41) is 34.5. The summed E-state index contributed by atoms with van der Waals surface area (Å²) < 4.78 is 10.5. The van der Waals surface area contributed by atoms with Crippen LogP contribution in [-0.4, -0.2) is 57.1 Å². The molecule has 0 unspecified atom stereocenters. The smallest absolute Gasteiger partial charge is 0.331 e. The van der Waals surface area contributed by atoms with Gasteiger partial charge in [0.1, 0.15) is 12.7 Å². The molecule has 0 aromatic rings. The maximum absolute atomic E-state index is 12.9. The molecule has 0 aromatic heterocycles. The first-order valence-electron chi connectivity index (χ1n) is 12.2. The van der Waals surface area contributed by atoms with Crippen LogP contribution in [0.4, 0.5) is 0 Å². The van der Waals surface area contributed by atoms with Gasteiger partial charge >= 0.3 is 17.9 Å². The van der Waals surface area contributed by atoms with E-state index in [4.69, 9.17) is 9.47 Å². The number of carboxylic acid groups (broad SMARTS) is 1. The molecular weight excluding hydrogens is 428 g/mol. The van der Waals surface area contributed by atoms with E-state index in [9.17, 15) is 29.7 Å². The molecule has 0 aromatic carbocycles. The zero-order chi connectivity index (χ0) is 23.8. The molecule has 5 rings (SSSR count). The number of cyclic esters (lactones) is 1. The number of rotatable bonds is 3. The number of carbonyl (C=O) groups excluding carboxylic acids is 2. The number of carbonyl (C=O) groups is 3. The zero-order valence-electron chi connectivity index (χ0n) is 19.3. The summed E-state index contributed by atoms with van der Waals surface area (Å²) in [5.41, 5.74) is -3.46. The lowest BCUT2D eigenvalue weighted by atomic mass is 9.41. The maximum Gasteiger partial charge on any atom is 0.331 e. The van der Waals surface area contributed by atoms with Crippen LogP contribution in [0.25, 0.3) is 0 Å². The van der Waals surface area contributed by atoms with E-state index in [0.717, 1.165) is 12.0 Å². The van der Waals surface area contributed by atoms with Crippen molar-refractivity contribution >= 4 is 17.9 Å². The summed E-state index contributed by atoms with van der Waals surface area (Å²) in [6, 6.07) is 0. The lowest BCUT2D eigenvalue weighted by Crippen LogP contribution is -2.70.